The average molecular weight is 465 g/mol. The van der Waals surface area contributed by atoms with E-state index in [1.807, 2.05) is 0 Å². The molecule has 1 aromatic heterocycles. The lowest BCUT2D eigenvalue weighted by molar-refractivity contribution is -0.152. The van der Waals surface area contributed by atoms with Gasteiger partial charge < -0.3 is 9.84 Å². The predicted molar refractivity (Wildman–Crippen MR) is 110 cm³/mol. The van der Waals surface area contributed by atoms with Gasteiger partial charge in [-0.25, -0.2) is 8.42 Å². The fraction of sp³-hybridized carbons (Fsp3) is 0.263. The SMILES string of the molecule is O=C(OCn1nnc2ccccc2c1=O)[C@H]1C[C@@H](O)CN1S(=O)(=O)c1ccc(Cl)cc1. The van der Waals surface area contributed by atoms with Crippen molar-refractivity contribution in [1.82, 2.24) is 19.3 Å². The third kappa shape index (κ3) is 4.17. The molecule has 4 rings (SSSR count). The van der Waals surface area contributed by atoms with Crippen LogP contribution < -0.4 is 5.56 Å². The normalized spacial score (nSPS) is 19.5. The first kappa shape index (κ1) is 21.4. The zero-order valence-electron chi connectivity index (χ0n) is 16.0. The monoisotopic (exact) mass is 464 g/mol. The van der Waals surface area contributed by atoms with Crippen LogP contribution in [0.1, 0.15) is 6.42 Å². The third-order valence-electron chi connectivity index (χ3n) is 4.88. The second kappa shape index (κ2) is 8.35. The fourth-order valence-corrected chi connectivity index (χ4v) is 5.09. The molecular formula is C19H17ClN4O6S. The Bertz CT molecular complexity index is 1290. The summed E-state index contributed by atoms with van der Waals surface area (Å²) in [6.45, 7) is -0.808. The van der Waals surface area contributed by atoms with Crippen LogP contribution in [0.5, 0.6) is 0 Å². The Kier molecular flexibility index (Phi) is 5.75. The molecule has 1 N–H and O–H groups in total. The van der Waals surface area contributed by atoms with Crippen LogP contribution in [0, 0.1) is 0 Å². The number of esters is 1. The average Bonchev–Trinajstić information content (AvgIpc) is 3.16. The summed E-state index contributed by atoms with van der Waals surface area (Å²) in [6, 6.07) is 10.8. The lowest BCUT2D eigenvalue weighted by Crippen LogP contribution is -2.42. The van der Waals surface area contributed by atoms with Gasteiger partial charge in [-0.1, -0.05) is 28.9 Å². The summed E-state index contributed by atoms with van der Waals surface area (Å²) in [4.78, 5) is 25.1. The van der Waals surface area contributed by atoms with Gasteiger partial charge in [-0.05, 0) is 36.4 Å². The summed E-state index contributed by atoms with van der Waals surface area (Å²) >= 11 is 5.81. The molecule has 1 aliphatic heterocycles. The van der Waals surface area contributed by atoms with Crippen molar-refractivity contribution in [3.8, 4) is 0 Å². The number of carbonyl (C=O) groups excluding carboxylic acids is 1. The molecule has 0 spiro atoms. The number of aliphatic hydroxyl groups excluding tert-OH is 1. The van der Waals surface area contributed by atoms with Crippen LogP contribution >= 0.6 is 11.6 Å². The smallest absolute Gasteiger partial charge is 0.326 e. The van der Waals surface area contributed by atoms with E-state index in [1.165, 1.54) is 24.3 Å². The number of benzene rings is 2. The van der Waals surface area contributed by atoms with Gasteiger partial charge in [0.2, 0.25) is 10.0 Å². The van der Waals surface area contributed by atoms with Crippen LogP contribution in [-0.2, 0) is 26.3 Å². The molecule has 0 bridgehead atoms. The van der Waals surface area contributed by atoms with E-state index in [4.69, 9.17) is 16.3 Å². The molecule has 0 radical (unpaired) electrons. The number of ether oxygens (including phenoxy) is 1. The van der Waals surface area contributed by atoms with Gasteiger partial charge in [-0.3, -0.25) is 9.59 Å². The Morgan fingerprint density at radius 2 is 1.90 bits per heavy atom. The van der Waals surface area contributed by atoms with E-state index in [9.17, 15) is 23.1 Å². The Morgan fingerprint density at radius 1 is 1.19 bits per heavy atom. The van der Waals surface area contributed by atoms with Crippen molar-refractivity contribution >= 4 is 38.5 Å². The number of nitrogens with zero attached hydrogens (tertiary/aromatic N) is 4. The zero-order valence-corrected chi connectivity index (χ0v) is 17.5. The molecule has 2 aromatic carbocycles. The van der Waals surface area contributed by atoms with E-state index >= 15 is 0 Å². The number of fused-ring (bicyclic) bond motifs is 1. The molecule has 3 aromatic rings. The van der Waals surface area contributed by atoms with Crippen molar-refractivity contribution in [1.29, 1.82) is 0 Å². The second-order valence-electron chi connectivity index (χ2n) is 6.94. The summed E-state index contributed by atoms with van der Waals surface area (Å²) in [5.74, 6) is -0.907. The first-order chi connectivity index (χ1) is 14.8. The number of aliphatic hydroxyl groups is 1. The Labute approximate surface area is 181 Å². The minimum absolute atomic E-state index is 0.0691. The van der Waals surface area contributed by atoms with Gasteiger partial charge in [0.1, 0.15) is 11.6 Å². The van der Waals surface area contributed by atoms with Gasteiger partial charge in [0.15, 0.2) is 6.73 Å². The Hall–Kier alpha value is -2.86. The molecule has 10 nitrogen and oxygen atoms in total. The van der Waals surface area contributed by atoms with E-state index in [1.54, 1.807) is 24.3 Å². The molecule has 0 amide bonds. The number of rotatable bonds is 5. The topological polar surface area (TPSA) is 132 Å². The van der Waals surface area contributed by atoms with E-state index in [0.717, 1.165) is 8.99 Å². The number of aromatic nitrogens is 3. The molecule has 2 heterocycles. The number of sulfonamides is 1. The summed E-state index contributed by atoms with van der Waals surface area (Å²) < 4.78 is 32.8. The molecule has 31 heavy (non-hydrogen) atoms. The third-order valence-corrected chi connectivity index (χ3v) is 7.03. The molecule has 1 saturated heterocycles. The van der Waals surface area contributed by atoms with Crippen molar-refractivity contribution in [2.24, 2.45) is 0 Å². The quantitative estimate of drug-likeness (QED) is 0.547. The molecule has 162 valence electrons. The van der Waals surface area contributed by atoms with E-state index < -0.39 is 40.4 Å². The summed E-state index contributed by atoms with van der Waals surface area (Å²) in [7, 11) is -4.09. The van der Waals surface area contributed by atoms with Crippen molar-refractivity contribution in [2.45, 2.75) is 30.2 Å². The largest absolute Gasteiger partial charge is 0.441 e. The molecule has 1 fully saturated rings. The number of carbonyl (C=O) groups is 1. The van der Waals surface area contributed by atoms with Crippen molar-refractivity contribution in [3.63, 3.8) is 0 Å². The van der Waals surface area contributed by atoms with Crippen LogP contribution in [0.4, 0.5) is 0 Å². The summed E-state index contributed by atoms with van der Waals surface area (Å²) in [5, 5.41) is 18.3. The molecule has 0 aliphatic carbocycles. The number of hydrogen-bond acceptors (Lipinski definition) is 8. The highest BCUT2D eigenvalue weighted by Gasteiger charge is 2.44. The van der Waals surface area contributed by atoms with Crippen molar-refractivity contribution in [2.75, 3.05) is 6.54 Å². The van der Waals surface area contributed by atoms with Gasteiger partial charge >= 0.3 is 5.97 Å². The van der Waals surface area contributed by atoms with Crippen LogP contribution in [0.15, 0.2) is 58.2 Å². The highest BCUT2D eigenvalue weighted by atomic mass is 35.5. The number of hydrogen-bond donors (Lipinski definition) is 1. The maximum absolute atomic E-state index is 13.0. The minimum Gasteiger partial charge on any atom is -0.441 e. The van der Waals surface area contributed by atoms with E-state index in [2.05, 4.69) is 10.3 Å². The first-order valence-corrected chi connectivity index (χ1v) is 11.0. The highest BCUT2D eigenvalue weighted by molar-refractivity contribution is 7.89. The van der Waals surface area contributed by atoms with Crippen LogP contribution in [-0.4, -0.2) is 57.5 Å². The number of β-amino-alcohol motifs (C(OH)–C–C–N with tert-alkyl or cyclic N) is 1. The van der Waals surface area contributed by atoms with Crippen LogP contribution in [0.2, 0.25) is 5.02 Å². The maximum Gasteiger partial charge on any atom is 0.326 e. The van der Waals surface area contributed by atoms with Gasteiger partial charge in [0.05, 0.1) is 16.4 Å². The lowest BCUT2D eigenvalue weighted by atomic mass is 10.2. The van der Waals surface area contributed by atoms with Crippen molar-refractivity contribution in [3.05, 3.63) is 63.9 Å². The van der Waals surface area contributed by atoms with Crippen molar-refractivity contribution < 1.29 is 23.1 Å². The molecule has 2 atom stereocenters. The second-order valence-corrected chi connectivity index (χ2v) is 9.26. The zero-order chi connectivity index (χ0) is 22.2. The highest BCUT2D eigenvalue weighted by Crippen LogP contribution is 2.28. The van der Waals surface area contributed by atoms with Crippen LogP contribution in [0.25, 0.3) is 10.9 Å². The predicted octanol–water partition coefficient (Wildman–Crippen LogP) is 0.770. The lowest BCUT2D eigenvalue weighted by Gasteiger charge is -2.22. The van der Waals surface area contributed by atoms with Gasteiger partial charge in [0.25, 0.3) is 5.56 Å². The van der Waals surface area contributed by atoms with E-state index in [0.29, 0.717) is 15.9 Å². The number of halogens is 1. The van der Waals surface area contributed by atoms with E-state index in [-0.39, 0.29) is 17.9 Å². The Balaban J connectivity index is 1.54. The molecule has 12 heteroatoms. The maximum atomic E-state index is 13.0. The molecule has 0 unspecified atom stereocenters. The van der Waals surface area contributed by atoms with Gasteiger partial charge in [0, 0.05) is 18.0 Å². The molecule has 1 aliphatic rings. The van der Waals surface area contributed by atoms with Gasteiger partial charge in [-0.2, -0.15) is 8.99 Å². The summed E-state index contributed by atoms with van der Waals surface area (Å²) in [5.41, 5.74) is -0.107. The summed E-state index contributed by atoms with van der Waals surface area (Å²) in [6.07, 6.45) is -1.17. The first-order valence-electron chi connectivity index (χ1n) is 9.22. The fourth-order valence-electron chi connectivity index (χ4n) is 3.34. The molecule has 0 saturated carbocycles. The van der Waals surface area contributed by atoms with Crippen LogP contribution in [0.3, 0.4) is 0 Å². The Morgan fingerprint density at radius 3 is 2.65 bits per heavy atom. The molecular weight excluding hydrogens is 448 g/mol. The van der Waals surface area contributed by atoms with Gasteiger partial charge in [-0.15, -0.1) is 5.10 Å². The minimum atomic E-state index is -4.09. The standard InChI is InChI=1S/C19H17ClN4O6S/c20-12-5-7-14(8-6-12)31(28,29)24-10-13(25)9-17(24)19(27)30-11-23-18(26)15-3-1-2-4-16(15)21-22-23/h1-8,13,17,25H,9-11H2/t13-,17-/m1/s1.